The molecule has 0 saturated carbocycles. The van der Waals surface area contributed by atoms with Gasteiger partial charge in [0.2, 0.25) is 0 Å². The molecular weight excluding hydrogens is 377 g/mol. The number of hydrogen-bond acceptors (Lipinski definition) is 2. The van der Waals surface area contributed by atoms with Crippen molar-refractivity contribution in [2.45, 2.75) is 6.92 Å². The van der Waals surface area contributed by atoms with Gasteiger partial charge in [0.1, 0.15) is 10.8 Å². The van der Waals surface area contributed by atoms with Crippen LogP contribution in [0.3, 0.4) is 0 Å². The van der Waals surface area contributed by atoms with E-state index in [0.29, 0.717) is 33.9 Å². The summed E-state index contributed by atoms with van der Waals surface area (Å²) in [4.78, 5) is 0. The van der Waals surface area contributed by atoms with Gasteiger partial charge in [0, 0.05) is 11.1 Å². The quantitative estimate of drug-likeness (QED) is 0.520. The zero-order chi connectivity index (χ0) is 15.6. The van der Waals surface area contributed by atoms with E-state index in [-0.39, 0.29) is 15.1 Å². The second-order valence-electron chi connectivity index (χ2n) is 3.92. The van der Waals surface area contributed by atoms with Gasteiger partial charge >= 0.3 is 0 Å². The summed E-state index contributed by atoms with van der Waals surface area (Å²) in [6.45, 7) is 2.21. The summed E-state index contributed by atoms with van der Waals surface area (Å²) in [6, 6.07) is 6.38. The molecule has 0 heterocycles. The van der Waals surface area contributed by atoms with Crippen LogP contribution < -0.4 is 9.47 Å². The van der Waals surface area contributed by atoms with Crippen molar-refractivity contribution in [2.24, 2.45) is 0 Å². The molecule has 112 valence electrons. The Morgan fingerprint density at radius 1 is 0.857 bits per heavy atom. The number of benzene rings is 2. The van der Waals surface area contributed by atoms with Crippen LogP contribution in [-0.2, 0) is 0 Å². The van der Waals surface area contributed by atoms with Crippen LogP contribution in [0.5, 0.6) is 17.2 Å². The van der Waals surface area contributed by atoms with Gasteiger partial charge in [-0.05, 0) is 25.1 Å². The van der Waals surface area contributed by atoms with E-state index in [9.17, 15) is 0 Å². The lowest BCUT2D eigenvalue weighted by atomic mass is 10.3. The van der Waals surface area contributed by atoms with Crippen LogP contribution in [0.4, 0.5) is 0 Å². The molecule has 0 aliphatic carbocycles. The lowest BCUT2D eigenvalue weighted by molar-refractivity contribution is 0.321. The summed E-state index contributed by atoms with van der Waals surface area (Å²) in [5.41, 5.74) is 0. The Kier molecular flexibility index (Phi) is 5.75. The Bertz CT molecular complexity index is 673. The van der Waals surface area contributed by atoms with Crippen LogP contribution in [0.2, 0.25) is 25.1 Å². The van der Waals surface area contributed by atoms with E-state index < -0.39 is 0 Å². The van der Waals surface area contributed by atoms with E-state index in [1.807, 2.05) is 6.92 Å². The topological polar surface area (TPSA) is 18.5 Å². The van der Waals surface area contributed by atoms with Crippen molar-refractivity contribution < 1.29 is 9.47 Å². The van der Waals surface area contributed by atoms with Gasteiger partial charge in [-0.3, -0.25) is 0 Å². The smallest absolute Gasteiger partial charge is 0.182 e. The third-order valence-electron chi connectivity index (χ3n) is 2.49. The minimum absolute atomic E-state index is 0.186. The van der Waals surface area contributed by atoms with Gasteiger partial charge in [0.05, 0.1) is 21.7 Å². The maximum Gasteiger partial charge on any atom is 0.182 e. The molecular formula is C14H9Cl5O2. The van der Waals surface area contributed by atoms with Gasteiger partial charge in [-0.25, -0.2) is 0 Å². The molecule has 2 nitrogen and oxygen atoms in total. The first-order valence-electron chi connectivity index (χ1n) is 5.87. The third-order valence-corrected chi connectivity index (χ3v) is 4.26. The van der Waals surface area contributed by atoms with E-state index in [1.54, 1.807) is 18.2 Å². The highest BCUT2D eigenvalue weighted by molar-refractivity contribution is 6.48. The maximum atomic E-state index is 6.14. The number of halogens is 5. The molecule has 0 spiro atoms. The molecule has 0 fully saturated rings. The summed E-state index contributed by atoms with van der Waals surface area (Å²) >= 11 is 30.1. The molecule has 0 radical (unpaired) electrons. The average molecular weight is 386 g/mol. The SMILES string of the molecule is CCOc1c(Oc2ccc(Cl)cc2Cl)cc(Cl)c(Cl)c1Cl. The molecule has 21 heavy (non-hydrogen) atoms. The minimum Gasteiger partial charge on any atom is -0.488 e. The lowest BCUT2D eigenvalue weighted by Crippen LogP contribution is -1.97. The lowest BCUT2D eigenvalue weighted by Gasteiger charge is -2.15. The summed E-state index contributed by atoms with van der Waals surface area (Å²) < 4.78 is 11.2. The van der Waals surface area contributed by atoms with E-state index >= 15 is 0 Å². The van der Waals surface area contributed by atoms with E-state index in [0.717, 1.165) is 0 Å². The number of ether oxygens (including phenoxy) is 2. The predicted molar refractivity (Wildman–Crippen MR) is 89.2 cm³/mol. The number of hydrogen-bond donors (Lipinski definition) is 0. The highest BCUT2D eigenvalue weighted by atomic mass is 35.5. The molecule has 2 rings (SSSR count). The summed E-state index contributed by atoms with van der Waals surface area (Å²) in [7, 11) is 0. The molecule has 2 aromatic rings. The maximum absolute atomic E-state index is 6.14. The van der Waals surface area contributed by atoms with Gasteiger partial charge in [0.25, 0.3) is 0 Å². The first-order valence-corrected chi connectivity index (χ1v) is 7.76. The summed E-state index contributed by atoms with van der Waals surface area (Å²) in [5, 5.41) is 1.50. The fourth-order valence-electron chi connectivity index (χ4n) is 1.59. The Balaban J connectivity index is 2.47. The van der Waals surface area contributed by atoms with Crippen LogP contribution in [0.25, 0.3) is 0 Å². The molecule has 0 aliphatic heterocycles. The Morgan fingerprint density at radius 3 is 2.19 bits per heavy atom. The second kappa shape index (κ2) is 7.17. The highest BCUT2D eigenvalue weighted by Gasteiger charge is 2.18. The molecule has 0 amide bonds. The summed E-state index contributed by atoms with van der Waals surface area (Å²) in [5.74, 6) is 1.02. The Morgan fingerprint density at radius 2 is 1.57 bits per heavy atom. The van der Waals surface area contributed by atoms with Crippen molar-refractivity contribution in [3.05, 3.63) is 49.4 Å². The van der Waals surface area contributed by atoms with E-state index in [1.165, 1.54) is 6.07 Å². The molecule has 0 aromatic heterocycles. The third kappa shape index (κ3) is 3.82. The summed E-state index contributed by atoms with van der Waals surface area (Å²) in [6.07, 6.45) is 0. The van der Waals surface area contributed by atoms with Crippen molar-refractivity contribution in [2.75, 3.05) is 6.61 Å². The standard InChI is InChI=1S/C14H9Cl5O2/c1-2-20-14-11(6-9(17)12(18)13(14)19)21-10-4-3-7(15)5-8(10)16/h3-6H,2H2,1H3. The average Bonchev–Trinajstić information content (AvgIpc) is 2.43. The van der Waals surface area contributed by atoms with Crippen LogP contribution in [0.15, 0.2) is 24.3 Å². The molecule has 0 bridgehead atoms. The Hall–Kier alpha value is -0.510. The van der Waals surface area contributed by atoms with Crippen molar-refractivity contribution in [1.82, 2.24) is 0 Å². The van der Waals surface area contributed by atoms with Gasteiger partial charge < -0.3 is 9.47 Å². The molecule has 0 saturated heterocycles. The molecule has 7 heteroatoms. The fourth-order valence-corrected chi connectivity index (χ4v) is 2.67. The van der Waals surface area contributed by atoms with Gasteiger partial charge in [-0.15, -0.1) is 0 Å². The van der Waals surface area contributed by atoms with Crippen LogP contribution >= 0.6 is 58.0 Å². The van der Waals surface area contributed by atoms with Crippen molar-refractivity contribution in [3.8, 4) is 17.2 Å². The van der Waals surface area contributed by atoms with E-state index in [2.05, 4.69) is 0 Å². The van der Waals surface area contributed by atoms with Gasteiger partial charge in [-0.2, -0.15) is 0 Å². The van der Waals surface area contributed by atoms with Crippen LogP contribution in [0, 0.1) is 0 Å². The monoisotopic (exact) mass is 384 g/mol. The predicted octanol–water partition coefficient (Wildman–Crippen LogP) is 7.14. The van der Waals surface area contributed by atoms with E-state index in [4.69, 9.17) is 67.5 Å². The zero-order valence-electron chi connectivity index (χ0n) is 10.7. The fraction of sp³-hybridized carbons (Fsp3) is 0.143. The van der Waals surface area contributed by atoms with Crippen LogP contribution in [-0.4, -0.2) is 6.61 Å². The first kappa shape index (κ1) is 16.9. The second-order valence-corrected chi connectivity index (χ2v) is 5.93. The zero-order valence-corrected chi connectivity index (χ0v) is 14.5. The first-order chi connectivity index (χ1) is 9.93. The van der Waals surface area contributed by atoms with Crippen molar-refractivity contribution >= 4 is 58.0 Å². The highest BCUT2D eigenvalue weighted by Crippen LogP contribution is 2.46. The largest absolute Gasteiger partial charge is 0.488 e. The Labute approximate surface area is 147 Å². The minimum atomic E-state index is 0.186. The molecule has 0 unspecified atom stereocenters. The van der Waals surface area contributed by atoms with Gasteiger partial charge in [0.15, 0.2) is 11.5 Å². The molecule has 0 N–H and O–H groups in total. The molecule has 0 atom stereocenters. The normalized spacial score (nSPS) is 10.6. The molecule has 0 aliphatic rings. The van der Waals surface area contributed by atoms with Crippen molar-refractivity contribution in [1.29, 1.82) is 0 Å². The van der Waals surface area contributed by atoms with Crippen LogP contribution in [0.1, 0.15) is 6.92 Å². The van der Waals surface area contributed by atoms with Gasteiger partial charge in [-0.1, -0.05) is 58.0 Å². The number of rotatable bonds is 4. The van der Waals surface area contributed by atoms with Crippen molar-refractivity contribution in [3.63, 3.8) is 0 Å². The molecule has 2 aromatic carbocycles.